The highest BCUT2D eigenvalue weighted by Gasteiger charge is 2.24. The summed E-state index contributed by atoms with van der Waals surface area (Å²) in [4.78, 5) is 29.5. The fourth-order valence-corrected chi connectivity index (χ4v) is 3.87. The van der Waals surface area contributed by atoms with Crippen LogP contribution in [0.5, 0.6) is 0 Å². The van der Waals surface area contributed by atoms with Gasteiger partial charge >= 0.3 is 5.97 Å². The monoisotopic (exact) mass is 478 g/mol. The average Bonchev–Trinajstić information content (AvgIpc) is 2.72. The van der Waals surface area contributed by atoms with Crippen LogP contribution in [0.15, 0.2) is 28.3 Å². The molecule has 0 atom stereocenters. The number of hydrogen-bond donors (Lipinski definition) is 1. The van der Waals surface area contributed by atoms with E-state index in [2.05, 4.69) is 21.6 Å². The molecule has 0 aliphatic heterocycles. The molecule has 0 saturated carbocycles. The van der Waals surface area contributed by atoms with Gasteiger partial charge in [0.15, 0.2) is 0 Å². The van der Waals surface area contributed by atoms with Crippen molar-refractivity contribution in [2.45, 2.75) is 32.7 Å². The first kappa shape index (κ1) is 24.7. The number of halogens is 2. The summed E-state index contributed by atoms with van der Waals surface area (Å²) in [6.45, 7) is 7.26. The zero-order chi connectivity index (χ0) is 23.1. The molecule has 1 heterocycles. The largest absolute Gasteiger partial charge is 0.461 e. The van der Waals surface area contributed by atoms with E-state index in [4.69, 9.17) is 27.9 Å². The number of benzene rings is 1. The second-order valence-electron chi connectivity index (χ2n) is 6.37. The maximum atomic E-state index is 12.8. The number of ether oxygens (including phenoxy) is 1. The van der Waals surface area contributed by atoms with E-state index in [0.717, 1.165) is 28.6 Å². The van der Waals surface area contributed by atoms with E-state index in [1.54, 1.807) is 19.1 Å². The first-order chi connectivity index (χ1) is 14.7. The minimum atomic E-state index is -0.865. The lowest BCUT2D eigenvalue weighted by molar-refractivity contribution is -0.135. The summed E-state index contributed by atoms with van der Waals surface area (Å²) in [6, 6.07) is 6.78. The highest BCUT2D eigenvalue weighted by atomic mass is 35.5. The first-order valence-electron chi connectivity index (χ1n) is 9.19. The highest BCUT2D eigenvalue weighted by molar-refractivity contribution is 8.00. The number of nitrogens with zero attached hydrogens (tertiary/aromatic N) is 3. The van der Waals surface area contributed by atoms with E-state index in [0.29, 0.717) is 21.3 Å². The van der Waals surface area contributed by atoms with Crippen molar-refractivity contribution in [2.24, 2.45) is 5.10 Å². The lowest BCUT2D eigenvalue weighted by atomic mass is 10.1. The summed E-state index contributed by atoms with van der Waals surface area (Å²) in [6.07, 6.45) is 0. The Labute approximate surface area is 194 Å². The standard InChI is InChI=1S/C21H20Cl2N4O3S/c1-5-30-21(29)19(27-26-17-7-6-14(22)8-16(17)23)18(28)10-31-20-15(9-24)12(3)11(2)13(4)25-20/h6-8,26H,5,10H2,1-4H3/b27-19+. The number of anilines is 1. The molecule has 1 aromatic carbocycles. The molecule has 0 unspecified atom stereocenters. The van der Waals surface area contributed by atoms with E-state index >= 15 is 0 Å². The predicted molar refractivity (Wildman–Crippen MR) is 123 cm³/mol. The van der Waals surface area contributed by atoms with Crippen molar-refractivity contribution < 1.29 is 14.3 Å². The number of aryl methyl sites for hydroxylation is 1. The summed E-state index contributed by atoms with van der Waals surface area (Å²) in [5.41, 5.74) is 5.46. The second kappa shape index (κ2) is 11.1. The number of Topliss-reactive ketones (excluding diaryl/α,β-unsaturated/α-hetero) is 1. The Morgan fingerprint density at radius 1 is 1.26 bits per heavy atom. The van der Waals surface area contributed by atoms with Crippen LogP contribution in [-0.2, 0) is 14.3 Å². The number of carbonyl (C=O) groups is 2. The minimum Gasteiger partial charge on any atom is -0.461 e. The SMILES string of the molecule is CCOC(=O)/C(=N/Nc1ccc(Cl)cc1Cl)C(=O)CSc1nc(C)c(C)c(C)c1C#N. The van der Waals surface area contributed by atoms with Crippen LogP contribution in [0.4, 0.5) is 5.69 Å². The molecule has 31 heavy (non-hydrogen) atoms. The van der Waals surface area contributed by atoms with Gasteiger partial charge in [0.1, 0.15) is 11.1 Å². The van der Waals surface area contributed by atoms with Crippen molar-refractivity contribution in [3.8, 4) is 6.07 Å². The molecule has 0 saturated heterocycles. The van der Waals surface area contributed by atoms with E-state index < -0.39 is 17.5 Å². The van der Waals surface area contributed by atoms with Gasteiger partial charge in [-0.2, -0.15) is 10.4 Å². The summed E-state index contributed by atoms with van der Waals surface area (Å²) >= 11 is 13.0. The van der Waals surface area contributed by atoms with Crippen LogP contribution in [-0.4, -0.2) is 34.8 Å². The van der Waals surface area contributed by atoms with Gasteiger partial charge < -0.3 is 4.74 Å². The number of nitrogens with one attached hydrogen (secondary N) is 1. The summed E-state index contributed by atoms with van der Waals surface area (Å²) < 4.78 is 4.95. The minimum absolute atomic E-state index is 0.0798. The van der Waals surface area contributed by atoms with E-state index in [1.807, 2.05) is 20.8 Å². The zero-order valence-corrected chi connectivity index (χ0v) is 19.7. The number of hydrogen-bond acceptors (Lipinski definition) is 8. The second-order valence-corrected chi connectivity index (χ2v) is 8.18. The van der Waals surface area contributed by atoms with Crippen LogP contribution >= 0.6 is 35.0 Å². The summed E-state index contributed by atoms with van der Waals surface area (Å²) in [7, 11) is 0. The van der Waals surface area contributed by atoms with Crippen LogP contribution in [0.25, 0.3) is 0 Å². The molecule has 10 heteroatoms. The predicted octanol–water partition coefficient (Wildman–Crippen LogP) is 4.88. The third-order valence-electron chi connectivity index (χ3n) is 4.37. The molecule has 0 aliphatic rings. The average molecular weight is 479 g/mol. The highest BCUT2D eigenvalue weighted by Crippen LogP contribution is 2.27. The molecule has 1 N–H and O–H groups in total. The maximum absolute atomic E-state index is 12.8. The molecule has 0 fully saturated rings. The smallest absolute Gasteiger partial charge is 0.362 e. The number of aromatic nitrogens is 1. The molecule has 7 nitrogen and oxygen atoms in total. The van der Waals surface area contributed by atoms with Crippen molar-refractivity contribution in [2.75, 3.05) is 17.8 Å². The van der Waals surface area contributed by atoms with Crippen LogP contribution in [0, 0.1) is 32.1 Å². The Morgan fingerprint density at radius 2 is 1.97 bits per heavy atom. The van der Waals surface area contributed by atoms with Gasteiger partial charge in [-0.3, -0.25) is 10.2 Å². The summed E-state index contributed by atoms with van der Waals surface area (Å²) in [5, 5.41) is 14.5. The van der Waals surface area contributed by atoms with Crippen molar-refractivity contribution in [1.82, 2.24) is 4.98 Å². The van der Waals surface area contributed by atoms with Gasteiger partial charge in [0.05, 0.1) is 28.6 Å². The van der Waals surface area contributed by atoms with Gasteiger partial charge in [-0.15, -0.1) is 0 Å². The van der Waals surface area contributed by atoms with Gasteiger partial charge in [0, 0.05) is 10.7 Å². The van der Waals surface area contributed by atoms with Crippen LogP contribution in [0.3, 0.4) is 0 Å². The van der Waals surface area contributed by atoms with E-state index in [1.165, 1.54) is 6.07 Å². The lowest BCUT2D eigenvalue weighted by Gasteiger charge is -2.11. The Kier molecular flexibility index (Phi) is 8.87. The number of rotatable bonds is 8. The van der Waals surface area contributed by atoms with Crippen LogP contribution in [0.1, 0.15) is 29.3 Å². The number of thioether (sulfide) groups is 1. The Morgan fingerprint density at radius 3 is 2.58 bits per heavy atom. The number of pyridine rings is 1. The van der Waals surface area contributed by atoms with Gasteiger partial charge in [-0.25, -0.2) is 9.78 Å². The van der Waals surface area contributed by atoms with Crippen molar-refractivity contribution in [3.05, 3.63) is 50.6 Å². The molecule has 162 valence electrons. The fraction of sp³-hybridized carbons (Fsp3) is 0.286. The van der Waals surface area contributed by atoms with Gasteiger partial charge in [0.25, 0.3) is 0 Å². The topological polar surface area (TPSA) is 104 Å². The molecule has 0 bridgehead atoms. The molecule has 0 radical (unpaired) electrons. The maximum Gasteiger partial charge on any atom is 0.362 e. The molecule has 2 aromatic rings. The van der Waals surface area contributed by atoms with Gasteiger partial charge in [-0.1, -0.05) is 35.0 Å². The first-order valence-corrected chi connectivity index (χ1v) is 10.9. The molecule has 0 amide bonds. The van der Waals surface area contributed by atoms with E-state index in [-0.39, 0.29) is 17.4 Å². The van der Waals surface area contributed by atoms with Crippen molar-refractivity contribution in [3.63, 3.8) is 0 Å². The fourth-order valence-electron chi connectivity index (χ4n) is 2.47. The zero-order valence-electron chi connectivity index (χ0n) is 17.4. The Hall–Kier alpha value is -2.60. The number of ketones is 1. The number of nitriles is 1. The lowest BCUT2D eigenvalue weighted by Crippen LogP contribution is -2.29. The van der Waals surface area contributed by atoms with E-state index in [9.17, 15) is 14.9 Å². The molecular weight excluding hydrogens is 459 g/mol. The molecule has 1 aromatic heterocycles. The normalized spacial score (nSPS) is 11.1. The number of esters is 1. The Bertz CT molecular complexity index is 1100. The summed E-state index contributed by atoms with van der Waals surface area (Å²) in [5.74, 6) is -1.60. The third kappa shape index (κ3) is 6.20. The van der Waals surface area contributed by atoms with Crippen LogP contribution in [0.2, 0.25) is 10.0 Å². The van der Waals surface area contributed by atoms with Crippen molar-refractivity contribution >= 4 is 58.1 Å². The Balaban J connectivity index is 2.27. The molecule has 2 rings (SSSR count). The number of hydrazone groups is 1. The molecular formula is C21H20Cl2N4O3S. The van der Waals surface area contributed by atoms with Crippen LogP contribution < -0.4 is 5.43 Å². The quantitative estimate of drug-likeness (QED) is 0.189. The van der Waals surface area contributed by atoms with Gasteiger partial charge in [0.2, 0.25) is 11.5 Å². The number of carbonyl (C=O) groups excluding carboxylic acids is 2. The third-order valence-corrected chi connectivity index (χ3v) is 5.89. The van der Waals surface area contributed by atoms with Gasteiger partial charge in [-0.05, 0) is 57.0 Å². The molecule has 0 aliphatic carbocycles. The van der Waals surface area contributed by atoms with Crippen molar-refractivity contribution in [1.29, 1.82) is 5.26 Å². The molecule has 0 spiro atoms.